The van der Waals surface area contributed by atoms with E-state index < -0.39 is 23.4 Å². The van der Waals surface area contributed by atoms with E-state index in [9.17, 15) is 18.0 Å². The van der Waals surface area contributed by atoms with E-state index in [1.165, 1.54) is 51.0 Å². The summed E-state index contributed by atoms with van der Waals surface area (Å²) in [5.41, 5.74) is 0.727. The molecule has 4 rings (SSSR count). The molecule has 0 amide bonds. The van der Waals surface area contributed by atoms with Gasteiger partial charge in [-0.15, -0.1) is 0 Å². The van der Waals surface area contributed by atoms with Crippen LogP contribution in [0.1, 0.15) is 93.0 Å². The monoisotopic (exact) mass is 458 g/mol. The molecule has 0 heterocycles. The number of carbonyl (C=O) groups excluding carboxylic acids is 1. The zero-order valence-electron chi connectivity index (χ0n) is 19.3. The first-order valence-electron chi connectivity index (χ1n) is 12.4. The third kappa shape index (κ3) is 5.80. The van der Waals surface area contributed by atoms with Crippen molar-refractivity contribution in [1.29, 1.82) is 0 Å². The van der Waals surface area contributed by atoms with Crippen LogP contribution in [0.3, 0.4) is 0 Å². The van der Waals surface area contributed by atoms with Crippen LogP contribution in [0.2, 0.25) is 0 Å². The lowest BCUT2D eigenvalue weighted by Crippen LogP contribution is -2.30. The summed E-state index contributed by atoms with van der Waals surface area (Å²) in [7, 11) is 0. The molecule has 5 heteroatoms. The van der Waals surface area contributed by atoms with E-state index in [0.29, 0.717) is 11.5 Å². The highest BCUT2D eigenvalue weighted by molar-refractivity contribution is 5.91. The second-order valence-corrected chi connectivity index (χ2v) is 9.91. The first-order valence-corrected chi connectivity index (χ1v) is 12.4. The second kappa shape index (κ2) is 10.8. The molecule has 2 fully saturated rings. The first kappa shape index (κ1) is 23.8. The minimum atomic E-state index is -1.10. The first-order chi connectivity index (χ1) is 15.9. The maximum atomic E-state index is 15.0. The topological polar surface area (TPSA) is 26.3 Å². The summed E-state index contributed by atoms with van der Waals surface area (Å²) >= 11 is 0. The van der Waals surface area contributed by atoms with E-state index in [-0.39, 0.29) is 17.2 Å². The van der Waals surface area contributed by atoms with Crippen LogP contribution in [0.4, 0.5) is 13.2 Å². The summed E-state index contributed by atoms with van der Waals surface area (Å²) in [5.74, 6) is -0.948. The van der Waals surface area contributed by atoms with Crippen molar-refractivity contribution in [3.63, 3.8) is 0 Å². The van der Waals surface area contributed by atoms with Crippen molar-refractivity contribution in [2.45, 2.75) is 77.0 Å². The average Bonchev–Trinajstić information content (AvgIpc) is 2.81. The number of ether oxygens (including phenoxy) is 1. The highest BCUT2D eigenvalue weighted by Gasteiger charge is 2.36. The normalized spacial score (nSPS) is 24.8. The molecule has 33 heavy (non-hydrogen) atoms. The van der Waals surface area contributed by atoms with Gasteiger partial charge in [0.25, 0.3) is 0 Å². The average molecular weight is 459 g/mol. The lowest BCUT2D eigenvalue weighted by molar-refractivity contribution is 0.0733. The Morgan fingerprint density at radius 1 is 0.879 bits per heavy atom. The Balaban J connectivity index is 1.36. The summed E-state index contributed by atoms with van der Waals surface area (Å²) in [5, 5.41) is 0. The fourth-order valence-electron chi connectivity index (χ4n) is 5.91. The lowest BCUT2D eigenvalue weighted by Gasteiger charge is -2.42. The van der Waals surface area contributed by atoms with Crippen LogP contribution in [0.5, 0.6) is 5.75 Å². The Kier molecular flexibility index (Phi) is 7.77. The molecule has 0 spiro atoms. The number of esters is 1. The summed E-state index contributed by atoms with van der Waals surface area (Å²) < 4.78 is 46.5. The molecular formula is C28H33F3O2. The molecule has 0 radical (unpaired) electrons. The molecule has 0 aliphatic heterocycles. The van der Waals surface area contributed by atoms with Crippen LogP contribution in [0.25, 0.3) is 0 Å². The van der Waals surface area contributed by atoms with Crippen molar-refractivity contribution in [3.8, 4) is 5.75 Å². The van der Waals surface area contributed by atoms with E-state index in [0.717, 1.165) is 49.3 Å². The molecule has 1 unspecified atom stereocenters. The van der Waals surface area contributed by atoms with Crippen molar-refractivity contribution in [3.05, 3.63) is 65.0 Å². The van der Waals surface area contributed by atoms with Gasteiger partial charge in [0, 0.05) is 6.07 Å². The van der Waals surface area contributed by atoms with Crippen LogP contribution in [0.15, 0.2) is 36.4 Å². The van der Waals surface area contributed by atoms with Gasteiger partial charge in [-0.05, 0) is 85.6 Å². The zero-order chi connectivity index (χ0) is 23.4. The molecule has 0 bridgehead atoms. The molecule has 4 atom stereocenters. The van der Waals surface area contributed by atoms with Crippen molar-refractivity contribution in [1.82, 2.24) is 0 Å². The fraction of sp³-hybridized carbons (Fsp3) is 0.536. The molecule has 178 valence electrons. The van der Waals surface area contributed by atoms with Gasteiger partial charge in [-0.3, -0.25) is 0 Å². The van der Waals surface area contributed by atoms with Crippen molar-refractivity contribution in [2.75, 3.05) is 0 Å². The van der Waals surface area contributed by atoms with E-state index >= 15 is 0 Å². The van der Waals surface area contributed by atoms with Crippen LogP contribution in [-0.2, 0) is 0 Å². The van der Waals surface area contributed by atoms with E-state index in [1.54, 1.807) is 12.1 Å². The summed E-state index contributed by atoms with van der Waals surface area (Å²) in [6, 6.07) is 7.31. The van der Waals surface area contributed by atoms with E-state index in [1.807, 2.05) is 0 Å². The Hall–Kier alpha value is -2.30. The van der Waals surface area contributed by atoms with Gasteiger partial charge in [0.05, 0.1) is 5.56 Å². The highest BCUT2D eigenvalue weighted by Crippen LogP contribution is 2.48. The molecule has 2 aromatic carbocycles. The number of unbranched alkanes of at least 4 members (excludes halogenated alkanes) is 2. The highest BCUT2D eigenvalue weighted by atomic mass is 19.2. The van der Waals surface area contributed by atoms with E-state index in [4.69, 9.17) is 4.74 Å². The summed E-state index contributed by atoms with van der Waals surface area (Å²) in [6.07, 6.45) is 12.3. The number of halogens is 3. The Morgan fingerprint density at radius 3 is 2.42 bits per heavy atom. The SMILES string of the molecule is CCCCC[C@H]1CC[C@@H]2CC(c3ccc(C(=O)Oc4ccc(F)c(F)c4)cc3F)CC[C@H]2C1. The van der Waals surface area contributed by atoms with Gasteiger partial charge in [0.15, 0.2) is 11.6 Å². The Bertz CT molecular complexity index is 974. The van der Waals surface area contributed by atoms with E-state index in [2.05, 4.69) is 6.92 Å². The number of benzene rings is 2. The summed E-state index contributed by atoms with van der Waals surface area (Å²) in [6.45, 7) is 2.25. The quantitative estimate of drug-likeness (QED) is 0.237. The Labute approximate surface area is 194 Å². The van der Waals surface area contributed by atoms with Gasteiger partial charge >= 0.3 is 5.97 Å². The van der Waals surface area contributed by atoms with Crippen molar-refractivity contribution < 1.29 is 22.7 Å². The van der Waals surface area contributed by atoms with Crippen LogP contribution < -0.4 is 4.74 Å². The molecule has 0 aromatic heterocycles. The smallest absolute Gasteiger partial charge is 0.343 e. The minimum Gasteiger partial charge on any atom is -0.423 e. The molecule has 0 saturated heterocycles. The fourth-order valence-corrected chi connectivity index (χ4v) is 5.91. The zero-order valence-corrected chi connectivity index (χ0v) is 19.3. The molecule has 2 aromatic rings. The standard InChI is InChI=1S/C28H33F3O2/c1-2-3-4-5-18-6-7-20-15-21(9-8-19(20)14-18)24-12-10-22(16-26(24)30)28(32)33-23-11-13-25(29)27(31)17-23/h10-13,16-21H,2-9,14-15H2,1H3/t18-,19-,20+,21?/m0/s1. The number of fused-ring (bicyclic) bond motifs is 1. The van der Waals surface area contributed by atoms with Crippen LogP contribution in [-0.4, -0.2) is 5.97 Å². The third-order valence-corrected chi connectivity index (χ3v) is 7.72. The minimum absolute atomic E-state index is 0.0576. The van der Waals surface area contributed by atoms with Gasteiger partial charge in [0.2, 0.25) is 0 Å². The molecule has 2 aliphatic carbocycles. The number of carbonyl (C=O) groups is 1. The van der Waals surface area contributed by atoms with Gasteiger partial charge in [-0.25, -0.2) is 18.0 Å². The Morgan fingerprint density at radius 2 is 1.67 bits per heavy atom. The second-order valence-electron chi connectivity index (χ2n) is 9.91. The molecule has 2 saturated carbocycles. The predicted octanol–water partition coefficient (Wildman–Crippen LogP) is 8.20. The molecule has 2 nitrogen and oxygen atoms in total. The van der Waals surface area contributed by atoms with Crippen LogP contribution >= 0.6 is 0 Å². The predicted molar refractivity (Wildman–Crippen MR) is 123 cm³/mol. The number of rotatable bonds is 7. The van der Waals surface area contributed by atoms with Crippen molar-refractivity contribution in [2.24, 2.45) is 17.8 Å². The largest absolute Gasteiger partial charge is 0.423 e. The maximum absolute atomic E-state index is 15.0. The van der Waals surface area contributed by atoms with Gasteiger partial charge in [-0.1, -0.05) is 45.1 Å². The van der Waals surface area contributed by atoms with Gasteiger partial charge in [0.1, 0.15) is 11.6 Å². The molecule has 0 N–H and O–H groups in total. The van der Waals surface area contributed by atoms with Gasteiger partial charge < -0.3 is 4.74 Å². The number of hydrogen-bond acceptors (Lipinski definition) is 2. The van der Waals surface area contributed by atoms with Gasteiger partial charge in [-0.2, -0.15) is 0 Å². The third-order valence-electron chi connectivity index (χ3n) is 7.72. The lowest BCUT2D eigenvalue weighted by atomic mass is 9.63. The van der Waals surface area contributed by atoms with Crippen molar-refractivity contribution >= 4 is 5.97 Å². The van der Waals surface area contributed by atoms with Crippen LogP contribution in [0, 0.1) is 35.2 Å². The molecule has 2 aliphatic rings. The maximum Gasteiger partial charge on any atom is 0.343 e. The summed E-state index contributed by atoms with van der Waals surface area (Å²) in [4.78, 5) is 12.4. The molecular weight excluding hydrogens is 425 g/mol. The number of hydrogen-bond donors (Lipinski definition) is 0.